The van der Waals surface area contributed by atoms with E-state index in [1.807, 2.05) is 10.6 Å². The minimum absolute atomic E-state index is 0.553. The van der Waals surface area contributed by atoms with Gasteiger partial charge in [-0.25, -0.2) is 4.98 Å². The molecule has 6 heteroatoms. The first-order chi connectivity index (χ1) is 9.22. The van der Waals surface area contributed by atoms with Crippen LogP contribution in [0.25, 0.3) is 4.96 Å². The lowest BCUT2D eigenvalue weighted by Gasteiger charge is -1.89. The molecule has 0 atom stereocenters. The molecule has 2 heterocycles. The summed E-state index contributed by atoms with van der Waals surface area (Å²) in [6, 6.07) is 0. The zero-order valence-corrected chi connectivity index (χ0v) is 11.9. The average molecular weight is 273 g/mol. The number of aryl methyl sites for hydroxylation is 1. The first kappa shape index (κ1) is 15.2. The molecule has 2 rings (SSSR count). The predicted octanol–water partition coefficient (Wildman–Crippen LogP) is 2.73. The molecule has 0 aliphatic carbocycles. The number of nitrogens with zero attached hydrogens (tertiary/aromatic N) is 3. The van der Waals surface area contributed by atoms with Crippen molar-refractivity contribution in [3.8, 4) is 0 Å². The van der Waals surface area contributed by atoms with Crippen molar-refractivity contribution in [2.24, 2.45) is 4.99 Å². The van der Waals surface area contributed by atoms with E-state index >= 15 is 0 Å². The van der Waals surface area contributed by atoms with Crippen molar-refractivity contribution in [1.29, 1.82) is 0 Å². The molecule has 0 bridgehead atoms. The highest BCUT2D eigenvalue weighted by molar-refractivity contribution is 7.16. The van der Waals surface area contributed by atoms with Gasteiger partial charge in [-0.15, -0.1) is 11.3 Å². The second-order valence-corrected chi connectivity index (χ2v) is 4.71. The smallest absolute Gasteiger partial charge is 0.194 e. The van der Waals surface area contributed by atoms with Crippen LogP contribution in [0.15, 0.2) is 42.5 Å². The van der Waals surface area contributed by atoms with Crippen molar-refractivity contribution < 1.29 is 4.74 Å². The molecule has 0 aliphatic heterocycles. The highest BCUT2D eigenvalue weighted by Crippen LogP contribution is 2.17. The maximum Gasteiger partial charge on any atom is 0.194 e. The lowest BCUT2D eigenvalue weighted by molar-refractivity contribution is 0.338. The summed E-state index contributed by atoms with van der Waals surface area (Å²) < 4.78 is 6.62. The average Bonchev–Trinajstić information content (AvgIpc) is 2.94. The zero-order valence-electron chi connectivity index (χ0n) is 11.1. The van der Waals surface area contributed by atoms with Crippen molar-refractivity contribution in [3.63, 3.8) is 0 Å². The van der Waals surface area contributed by atoms with E-state index in [0.29, 0.717) is 6.32 Å². The largest absolute Gasteiger partial charge is 0.504 e. The fraction of sp³-hybridized carbons (Fsp3) is 0.231. The quantitative estimate of drug-likeness (QED) is 0.488. The molecule has 0 saturated carbocycles. The summed E-state index contributed by atoms with van der Waals surface area (Å²) in [7, 11) is 7.10. The molecule has 0 amide bonds. The molecule has 2 aromatic heterocycles. The highest BCUT2D eigenvalue weighted by atomic mass is 32.1. The van der Waals surface area contributed by atoms with E-state index in [1.165, 1.54) is 17.3 Å². The molecular formula is C13H16BN3OS. The van der Waals surface area contributed by atoms with Gasteiger partial charge in [-0.05, 0) is 19.3 Å². The Kier molecular flexibility index (Phi) is 6.67. The monoisotopic (exact) mass is 273 g/mol. The third-order valence-electron chi connectivity index (χ3n) is 2.10. The second kappa shape index (κ2) is 8.32. The summed E-state index contributed by atoms with van der Waals surface area (Å²) in [6.45, 7) is 5.45. The molecule has 0 fully saturated rings. The molecule has 98 valence electrons. The Morgan fingerprint density at radius 2 is 2.42 bits per heavy atom. The third kappa shape index (κ3) is 4.75. The van der Waals surface area contributed by atoms with Crippen molar-refractivity contribution in [2.45, 2.75) is 13.2 Å². The van der Waals surface area contributed by atoms with Gasteiger partial charge in [0.05, 0.1) is 21.2 Å². The lowest BCUT2D eigenvalue weighted by atomic mass is 10.0. The van der Waals surface area contributed by atoms with Crippen LogP contribution in [0.5, 0.6) is 0 Å². The molecule has 2 aromatic rings. The van der Waals surface area contributed by atoms with Gasteiger partial charge < -0.3 is 4.74 Å². The zero-order chi connectivity index (χ0) is 14.1. The molecule has 0 spiro atoms. The van der Waals surface area contributed by atoms with E-state index in [2.05, 4.69) is 34.4 Å². The van der Waals surface area contributed by atoms with Gasteiger partial charge in [-0.3, -0.25) is 9.39 Å². The van der Waals surface area contributed by atoms with Crippen LogP contribution in [0.4, 0.5) is 0 Å². The van der Waals surface area contributed by atoms with Crippen LogP contribution in [0.3, 0.4) is 0 Å². The van der Waals surface area contributed by atoms with Gasteiger partial charge in [0.15, 0.2) is 4.96 Å². The summed E-state index contributed by atoms with van der Waals surface area (Å²) in [5.41, 5.74) is 1.07. The fourth-order valence-electron chi connectivity index (χ4n) is 1.32. The van der Waals surface area contributed by atoms with Crippen LogP contribution >= 0.6 is 11.3 Å². The van der Waals surface area contributed by atoms with Crippen molar-refractivity contribution in [2.75, 3.05) is 7.11 Å². The number of ether oxygens (including phenoxy) is 1. The Balaban J connectivity index is 0.000000203. The van der Waals surface area contributed by atoms with Gasteiger partial charge in [0.2, 0.25) is 0 Å². The SMILES string of the molecule is C=CN=C/C=C\OC.[B]Cc1cnc2sc(C)cn12. The van der Waals surface area contributed by atoms with Crippen LogP contribution in [0, 0.1) is 6.92 Å². The number of thiazole rings is 1. The number of hydrogen-bond acceptors (Lipinski definition) is 4. The van der Waals surface area contributed by atoms with E-state index in [-0.39, 0.29) is 0 Å². The Bertz CT molecular complexity index is 571. The maximum atomic E-state index is 5.51. The Hall–Kier alpha value is -1.82. The highest BCUT2D eigenvalue weighted by Gasteiger charge is 2.02. The van der Waals surface area contributed by atoms with Crippen molar-refractivity contribution in [3.05, 3.63) is 48.1 Å². The number of allylic oxidation sites excluding steroid dienone is 1. The van der Waals surface area contributed by atoms with E-state index in [9.17, 15) is 0 Å². The summed E-state index contributed by atoms with van der Waals surface area (Å²) in [5, 5.41) is 0. The first-order valence-electron chi connectivity index (χ1n) is 5.67. The molecule has 4 nitrogen and oxygen atoms in total. The molecule has 2 radical (unpaired) electrons. The van der Waals surface area contributed by atoms with Gasteiger partial charge in [0, 0.05) is 35.4 Å². The van der Waals surface area contributed by atoms with Gasteiger partial charge >= 0.3 is 0 Å². The minimum Gasteiger partial charge on any atom is -0.504 e. The number of fused-ring (bicyclic) bond motifs is 1. The van der Waals surface area contributed by atoms with E-state index in [0.717, 1.165) is 10.7 Å². The summed E-state index contributed by atoms with van der Waals surface area (Å²) in [4.78, 5) is 10.2. The molecular weight excluding hydrogens is 257 g/mol. The molecule has 0 aliphatic rings. The predicted molar refractivity (Wildman–Crippen MR) is 82.1 cm³/mol. The first-order valence-corrected chi connectivity index (χ1v) is 6.49. The molecule has 0 saturated heterocycles. The van der Waals surface area contributed by atoms with Gasteiger partial charge in [0.1, 0.15) is 0 Å². The summed E-state index contributed by atoms with van der Waals surface area (Å²) in [6.07, 6.45) is 10.7. The van der Waals surface area contributed by atoms with E-state index < -0.39 is 0 Å². The number of imidazole rings is 1. The minimum atomic E-state index is 0.553. The normalized spacial score (nSPS) is 10.8. The van der Waals surface area contributed by atoms with Crippen LogP contribution in [0.2, 0.25) is 0 Å². The summed E-state index contributed by atoms with van der Waals surface area (Å²) >= 11 is 1.68. The summed E-state index contributed by atoms with van der Waals surface area (Å²) in [5.74, 6) is 0. The molecule has 0 unspecified atom stereocenters. The van der Waals surface area contributed by atoms with Gasteiger partial charge in [-0.2, -0.15) is 0 Å². The second-order valence-electron chi connectivity index (χ2n) is 3.49. The van der Waals surface area contributed by atoms with E-state index in [4.69, 9.17) is 7.85 Å². The molecule has 0 N–H and O–H groups in total. The number of rotatable bonds is 4. The number of methoxy groups -OCH3 is 1. The Labute approximate surface area is 118 Å². The van der Waals surface area contributed by atoms with Crippen LogP contribution in [0.1, 0.15) is 10.6 Å². The molecule has 0 aromatic carbocycles. The topological polar surface area (TPSA) is 38.9 Å². The Morgan fingerprint density at radius 1 is 1.63 bits per heavy atom. The van der Waals surface area contributed by atoms with Crippen molar-refractivity contribution >= 4 is 30.4 Å². The number of aromatic nitrogens is 2. The standard InChI is InChI=1S/C7H7BN2S.C6H9NO/c1-5-4-10-6(2-8)3-9-7(10)11-5;1-3-7-5-4-6-8-2/h3-4H,2H2,1H3;3-6H,1H2,2H3/b;6-4-,7-5?. The maximum absolute atomic E-state index is 5.51. The Morgan fingerprint density at radius 3 is 3.05 bits per heavy atom. The van der Waals surface area contributed by atoms with Crippen molar-refractivity contribution in [1.82, 2.24) is 9.38 Å². The number of hydrogen-bond donors (Lipinski definition) is 0. The third-order valence-corrected chi connectivity index (χ3v) is 3.02. The van der Waals surface area contributed by atoms with Gasteiger partial charge in [-0.1, -0.05) is 6.58 Å². The number of aliphatic imine (C=N–C) groups is 1. The fourth-order valence-corrected chi connectivity index (χ4v) is 2.14. The van der Waals surface area contributed by atoms with E-state index in [1.54, 1.807) is 30.7 Å². The molecule has 19 heavy (non-hydrogen) atoms. The van der Waals surface area contributed by atoms with Crippen LogP contribution in [-0.4, -0.2) is 30.6 Å². The lowest BCUT2D eigenvalue weighted by Crippen LogP contribution is -1.87. The van der Waals surface area contributed by atoms with Gasteiger partial charge in [0.25, 0.3) is 0 Å². The van der Waals surface area contributed by atoms with Crippen LogP contribution in [-0.2, 0) is 11.1 Å². The van der Waals surface area contributed by atoms with Crippen LogP contribution < -0.4 is 0 Å².